The molecule has 1 aliphatic heterocycles. The Morgan fingerprint density at radius 3 is 2.57 bits per heavy atom. The number of fused-ring (bicyclic) bond motifs is 1. The van der Waals surface area contributed by atoms with E-state index in [9.17, 15) is 19.2 Å². The molecule has 0 radical (unpaired) electrons. The van der Waals surface area contributed by atoms with Crippen molar-refractivity contribution in [2.45, 2.75) is 45.7 Å². The van der Waals surface area contributed by atoms with Crippen molar-refractivity contribution in [1.82, 2.24) is 19.0 Å². The molecule has 0 N–H and O–H groups in total. The van der Waals surface area contributed by atoms with Crippen molar-refractivity contribution in [1.29, 1.82) is 0 Å². The van der Waals surface area contributed by atoms with Crippen LogP contribution in [0.25, 0.3) is 16.7 Å². The zero-order valence-electron chi connectivity index (χ0n) is 20.2. The summed E-state index contributed by atoms with van der Waals surface area (Å²) in [4.78, 5) is 59.4. The van der Waals surface area contributed by atoms with E-state index in [0.29, 0.717) is 23.7 Å². The van der Waals surface area contributed by atoms with E-state index in [0.717, 1.165) is 23.8 Å². The number of hydrogen-bond donors (Lipinski definition) is 0. The standard InChI is InChI=1S/C25H28N4O6/c1-15-13-17(24(32)35-4)21-22(26-15)29(18-10-5-6-11-19(18)34-3)25(33)28(23(21)31)14-20(30)27-12-8-7-9-16(27)2/h5-6,10-11,13,16H,7-9,12,14H2,1-4H3/t16-/m0/s1. The average molecular weight is 481 g/mol. The lowest BCUT2D eigenvalue weighted by Crippen LogP contribution is -2.48. The van der Waals surface area contributed by atoms with Gasteiger partial charge in [-0.15, -0.1) is 0 Å². The maximum atomic E-state index is 13.8. The van der Waals surface area contributed by atoms with E-state index in [2.05, 4.69) is 4.98 Å². The monoisotopic (exact) mass is 480 g/mol. The quantitative estimate of drug-likeness (QED) is 0.514. The molecule has 3 heterocycles. The second-order valence-corrected chi connectivity index (χ2v) is 8.61. The lowest BCUT2D eigenvalue weighted by molar-refractivity contribution is -0.135. The minimum absolute atomic E-state index is 0.0128. The summed E-state index contributed by atoms with van der Waals surface area (Å²) in [6, 6.07) is 8.21. The van der Waals surface area contributed by atoms with Crippen LogP contribution in [0.5, 0.6) is 5.75 Å². The van der Waals surface area contributed by atoms with Crippen molar-refractivity contribution in [3.8, 4) is 11.4 Å². The molecule has 10 heteroatoms. The number of likely N-dealkylation sites (tertiary alicyclic amines) is 1. The van der Waals surface area contributed by atoms with Crippen LogP contribution in [-0.2, 0) is 16.1 Å². The number of ether oxygens (including phenoxy) is 2. The van der Waals surface area contributed by atoms with E-state index in [1.54, 1.807) is 36.1 Å². The number of rotatable bonds is 5. The molecular formula is C25H28N4O6. The Bertz CT molecular complexity index is 1420. The first-order valence-corrected chi connectivity index (χ1v) is 11.5. The lowest BCUT2D eigenvalue weighted by Gasteiger charge is -2.33. The van der Waals surface area contributed by atoms with Crippen LogP contribution in [0, 0.1) is 6.92 Å². The molecular weight excluding hydrogens is 452 g/mol. The van der Waals surface area contributed by atoms with Gasteiger partial charge in [-0.1, -0.05) is 12.1 Å². The largest absolute Gasteiger partial charge is 0.495 e. The highest BCUT2D eigenvalue weighted by Crippen LogP contribution is 2.25. The number of amides is 1. The molecule has 4 rings (SSSR count). The van der Waals surface area contributed by atoms with Crippen molar-refractivity contribution in [3.05, 3.63) is 62.4 Å². The van der Waals surface area contributed by atoms with Crippen molar-refractivity contribution in [2.75, 3.05) is 20.8 Å². The van der Waals surface area contributed by atoms with Crippen LogP contribution < -0.4 is 16.0 Å². The summed E-state index contributed by atoms with van der Waals surface area (Å²) in [5.74, 6) is -0.715. The fourth-order valence-electron chi connectivity index (χ4n) is 4.60. The van der Waals surface area contributed by atoms with E-state index >= 15 is 0 Å². The van der Waals surface area contributed by atoms with Crippen LogP contribution in [0.4, 0.5) is 0 Å². The Morgan fingerprint density at radius 1 is 1.14 bits per heavy atom. The molecule has 1 saturated heterocycles. The van der Waals surface area contributed by atoms with Gasteiger partial charge >= 0.3 is 11.7 Å². The molecule has 1 aromatic carbocycles. The van der Waals surface area contributed by atoms with Gasteiger partial charge in [0.1, 0.15) is 12.3 Å². The first-order valence-electron chi connectivity index (χ1n) is 11.5. The second-order valence-electron chi connectivity index (χ2n) is 8.61. The van der Waals surface area contributed by atoms with Gasteiger partial charge in [-0.05, 0) is 51.3 Å². The van der Waals surface area contributed by atoms with Crippen LogP contribution in [0.1, 0.15) is 42.2 Å². The Labute approximate surface area is 201 Å². The SMILES string of the molecule is COC(=O)c1cc(C)nc2c1c(=O)n(CC(=O)N1CCCC[C@@H]1C)c(=O)n2-c1ccccc1OC. The number of para-hydroxylation sites is 2. The van der Waals surface area contributed by atoms with Gasteiger partial charge in [0.15, 0.2) is 5.65 Å². The number of carbonyl (C=O) groups is 2. The second kappa shape index (κ2) is 9.73. The fourth-order valence-corrected chi connectivity index (χ4v) is 4.60. The number of pyridine rings is 1. The minimum atomic E-state index is -0.776. The van der Waals surface area contributed by atoms with E-state index in [-0.39, 0.29) is 28.5 Å². The van der Waals surface area contributed by atoms with Gasteiger partial charge in [-0.25, -0.2) is 23.7 Å². The van der Waals surface area contributed by atoms with Crippen LogP contribution in [0.15, 0.2) is 39.9 Å². The maximum absolute atomic E-state index is 13.8. The number of hydrogen-bond acceptors (Lipinski definition) is 7. The third kappa shape index (κ3) is 4.31. The van der Waals surface area contributed by atoms with Crippen LogP contribution in [-0.4, -0.2) is 57.7 Å². The van der Waals surface area contributed by atoms with E-state index in [1.807, 2.05) is 6.92 Å². The first kappa shape index (κ1) is 24.2. The summed E-state index contributed by atoms with van der Waals surface area (Å²) >= 11 is 0. The summed E-state index contributed by atoms with van der Waals surface area (Å²) in [6.45, 7) is 3.71. The van der Waals surface area contributed by atoms with E-state index in [1.165, 1.54) is 24.9 Å². The van der Waals surface area contributed by atoms with Crippen LogP contribution in [0.2, 0.25) is 0 Å². The Hall–Kier alpha value is -3.95. The molecule has 0 bridgehead atoms. The molecule has 35 heavy (non-hydrogen) atoms. The third-order valence-corrected chi connectivity index (χ3v) is 6.37. The molecule has 1 amide bonds. The summed E-state index contributed by atoms with van der Waals surface area (Å²) in [7, 11) is 2.67. The highest BCUT2D eigenvalue weighted by molar-refractivity contribution is 6.02. The van der Waals surface area contributed by atoms with Crippen molar-refractivity contribution in [3.63, 3.8) is 0 Å². The van der Waals surface area contributed by atoms with Crippen molar-refractivity contribution >= 4 is 22.9 Å². The number of carbonyl (C=O) groups excluding carboxylic acids is 2. The molecule has 184 valence electrons. The van der Waals surface area contributed by atoms with Gasteiger partial charge in [0.25, 0.3) is 5.56 Å². The zero-order chi connectivity index (χ0) is 25.3. The Kier molecular flexibility index (Phi) is 6.72. The number of esters is 1. The number of aromatic nitrogens is 3. The van der Waals surface area contributed by atoms with Gasteiger partial charge in [0.05, 0.1) is 30.9 Å². The molecule has 0 aliphatic carbocycles. The summed E-state index contributed by atoms with van der Waals surface area (Å²) in [5.41, 5.74) is -0.833. The predicted molar refractivity (Wildman–Crippen MR) is 129 cm³/mol. The molecule has 2 aromatic heterocycles. The van der Waals surface area contributed by atoms with Gasteiger partial charge < -0.3 is 14.4 Å². The molecule has 0 spiro atoms. The highest BCUT2D eigenvalue weighted by atomic mass is 16.5. The number of nitrogens with zero attached hydrogens (tertiary/aromatic N) is 4. The molecule has 1 atom stereocenters. The third-order valence-electron chi connectivity index (χ3n) is 6.37. The first-order chi connectivity index (χ1) is 16.8. The number of methoxy groups -OCH3 is 2. The molecule has 0 saturated carbocycles. The number of aryl methyl sites for hydroxylation is 1. The van der Waals surface area contributed by atoms with Crippen LogP contribution in [0.3, 0.4) is 0 Å². The Balaban J connectivity index is 2.05. The van der Waals surface area contributed by atoms with Gasteiger partial charge in [0, 0.05) is 18.3 Å². The number of benzene rings is 1. The summed E-state index contributed by atoms with van der Waals surface area (Å²) in [6.07, 6.45) is 2.75. The van der Waals surface area contributed by atoms with Crippen molar-refractivity contribution in [2.24, 2.45) is 0 Å². The topological polar surface area (TPSA) is 113 Å². The van der Waals surface area contributed by atoms with Crippen molar-refractivity contribution < 1.29 is 19.1 Å². The highest BCUT2D eigenvalue weighted by Gasteiger charge is 2.28. The molecule has 3 aromatic rings. The van der Waals surface area contributed by atoms with Gasteiger partial charge in [0.2, 0.25) is 5.91 Å². The smallest absolute Gasteiger partial charge is 0.338 e. The summed E-state index contributed by atoms with van der Waals surface area (Å²) in [5, 5.41) is -0.104. The molecule has 1 aliphatic rings. The van der Waals surface area contributed by atoms with E-state index in [4.69, 9.17) is 9.47 Å². The summed E-state index contributed by atoms with van der Waals surface area (Å²) < 4.78 is 12.4. The average Bonchev–Trinajstić information content (AvgIpc) is 2.86. The fraction of sp³-hybridized carbons (Fsp3) is 0.400. The predicted octanol–water partition coefficient (Wildman–Crippen LogP) is 2.05. The molecule has 10 nitrogen and oxygen atoms in total. The maximum Gasteiger partial charge on any atom is 0.338 e. The molecule has 1 fully saturated rings. The Morgan fingerprint density at radius 2 is 1.89 bits per heavy atom. The van der Waals surface area contributed by atoms with E-state index < -0.39 is 23.8 Å². The van der Waals surface area contributed by atoms with Gasteiger partial charge in [-0.2, -0.15) is 0 Å². The van der Waals surface area contributed by atoms with Crippen LogP contribution >= 0.6 is 0 Å². The minimum Gasteiger partial charge on any atom is -0.495 e. The molecule has 0 unspecified atom stereocenters. The zero-order valence-corrected chi connectivity index (χ0v) is 20.2. The lowest BCUT2D eigenvalue weighted by atomic mass is 10.0. The normalized spacial score (nSPS) is 15.8. The number of piperidine rings is 1. The van der Waals surface area contributed by atoms with Gasteiger partial charge in [-0.3, -0.25) is 9.59 Å².